The van der Waals surface area contributed by atoms with Gasteiger partial charge in [-0.3, -0.25) is 0 Å². The number of ether oxygens (including phenoxy) is 1. The van der Waals surface area contributed by atoms with E-state index in [9.17, 15) is 13.2 Å². The fraction of sp³-hybridized carbons (Fsp3) is 0.455. The zero-order valence-electron chi connectivity index (χ0n) is 9.05. The molecule has 3 nitrogen and oxygen atoms in total. The molecule has 17 heavy (non-hydrogen) atoms. The molecule has 2 rings (SSSR count). The van der Waals surface area contributed by atoms with Gasteiger partial charge >= 0.3 is 0 Å². The lowest BCUT2D eigenvalue weighted by atomic mass is 10.1. The monoisotopic (exact) mass is 247 g/mol. The van der Waals surface area contributed by atoms with Crippen molar-refractivity contribution < 1.29 is 23.0 Å². The van der Waals surface area contributed by atoms with Crippen molar-refractivity contribution in [2.45, 2.75) is 6.61 Å². The molecule has 1 aromatic rings. The summed E-state index contributed by atoms with van der Waals surface area (Å²) in [5, 5.41) is 8.86. The van der Waals surface area contributed by atoms with Crippen LogP contribution in [0, 0.1) is 17.5 Å². The van der Waals surface area contributed by atoms with E-state index in [2.05, 4.69) is 0 Å². The highest BCUT2D eigenvalue weighted by atomic mass is 19.2. The molecular weight excluding hydrogens is 235 g/mol. The topological polar surface area (TPSA) is 32.7 Å². The summed E-state index contributed by atoms with van der Waals surface area (Å²) in [6.45, 7) is 0.770. The van der Waals surface area contributed by atoms with Crippen molar-refractivity contribution in [3.63, 3.8) is 0 Å². The van der Waals surface area contributed by atoms with Crippen molar-refractivity contribution in [1.29, 1.82) is 0 Å². The first kappa shape index (κ1) is 12.2. The maximum absolute atomic E-state index is 13.8. The minimum atomic E-state index is -1.33. The van der Waals surface area contributed by atoms with Gasteiger partial charge in [-0.2, -0.15) is 0 Å². The Hall–Kier alpha value is -1.27. The quantitative estimate of drug-likeness (QED) is 0.802. The second-order valence-electron chi connectivity index (χ2n) is 3.74. The van der Waals surface area contributed by atoms with Gasteiger partial charge in [-0.15, -0.1) is 0 Å². The number of morpholine rings is 1. The Morgan fingerprint density at radius 3 is 2.41 bits per heavy atom. The Morgan fingerprint density at radius 1 is 1.18 bits per heavy atom. The van der Waals surface area contributed by atoms with Crippen LogP contribution in [0.1, 0.15) is 5.56 Å². The highest BCUT2D eigenvalue weighted by Crippen LogP contribution is 2.27. The Kier molecular flexibility index (Phi) is 3.54. The van der Waals surface area contributed by atoms with E-state index < -0.39 is 29.6 Å². The Balaban J connectivity index is 2.42. The first-order chi connectivity index (χ1) is 8.15. The van der Waals surface area contributed by atoms with E-state index in [1.54, 1.807) is 4.90 Å². The molecule has 0 unspecified atom stereocenters. The largest absolute Gasteiger partial charge is 0.391 e. The molecule has 1 heterocycles. The van der Waals surface area contributed by atoms with Gasteiger partial charge < -0.3 is 14.7 Å². The van der Waals surface area contributed by atoms with Crippen LogP contribution in [0.5, 0.6) is 0 Å². The van der Waals surface area contributed by atoms with Crippen LogP contribution < -0.4 is 4.90 Å². The summed E-state index contributed by atoms with van der Waals surface area (Å²) in [5.41, 5.74) is -0.664. The van der Waals surface area contributed by atoms with Crippen LogP contribution in [0.2, 0.25) is 0 Å². The van der Waals surface area contributed by atoms with E-state index in [-0.39, 0.29) is 5.69 Å². The molecule has 94 valence electrons. The molecule has 0 bridgehead atoms. The molecule has 0 atom stereocenters. The van der Waals surface area contributed by atoms with Crippen LogP contribution >= 0.6 is 0 Å². The molecule has 6 heteroatoms. The predicted molar refractivity (Wildman–Crippen MR) is 55.3 cm³/mol. The zero-order valence-corrected chi connectivity index (χ0v) is 9.05. The van der Waals surface area contributed by atoms with Crippen molar-refractivity contribution in [1.82, 2.24) is 0 Å². The van der Waals surface area contributed by atoms with E-state index in [0.717, 1.165) is 6.07 Å². The Labute approximate surface area is 96.4 Å². The summed E-state index contributed by atoms with van der Waals surface area (Å²) in [5.74, 6) is -3.40. The van der Waals surface area contributed by atoms with Crippen LogP contribution in [-0.4, -0.2) is 31.4 Å². The van der Waals surface area contributed by atoms with E-state index in [4.69, 9.17) is 9.84 Å². The van der Waals surface area contributed by atoms with Gasteiger partial charge in [-0.1, -0.05) is 0 Å². The van der Waals surface area contributed by atoms with E-state index in [0.29, 0.717) is 26.3 Å². The van der Waals surface area contributed by atoms with Crippen LogP contribution in [0.25, 0.3) is 0 Å². The van der Waals surface area contributed by atoms with Crippen LogP contribution in [-0.2, 0) is 11.3 Å². The fourth-order valence-electron chi connectivity index (χ4n) is 1.82. The molecule has 1 aromatic carbocycles. The molecule has 0 amide bonds. The Morgan fingerprint density at radius 2 is 1.82 bits per heavy atom. The van der Waals surface area contributed by atoms with Crippen molar-refractivity contribution in [3.8, 4) is 0 Å². The van der Waals surface area contributed by atoms with Gasteiger partial charge in [0.25, 0.3) is 0 Å². The van der Waals surface area contributed by atoms with Crippen LogP contribution in [0.4, 0.5) is 18.9 Å². The standard InChI is InChI=1S/C11H12F3NO2/c12-8-5-9(15-1-3-17-4-2-15)11(14)7(6-16)10(8)13/h5,16H,1-4,6H2. The number of nitrogens with zero attached hydrogens (tertiary/aromatic N) is 1. The third kappa shape index (κ3) is 2.23. The van der Waals surface area contributed by atoms with Gasteiger partial charge in [0.2, 0.25) is 0 Å². The number of anilines is 1. The van der Waals surface area contributed by atoms with Crippen LogP contribution in [0.3, 0.4) is 0 Å². The maximum Gasteiger partial charge on any atom is 0.167 e. The predicted octanol–water partition coefficient (Wildman–Crippen LogP) is 1.43. The number of benzene rings is 1. The van der Waals surface area contributed by atoms with Gasteiger partial charge in [0.15, 0.2) is 17.5 Å². The molecule has 0 spiro atoms. The number of rotatable bonds is 2. The summed E-state index contributed by atoms with van der Waals surface area (Å²) in [6, 6.07) is 0.815. The molecular formula is C11H12F3NO2. The molecule has 0 aromatic heterocycles. The molecule has 0 saturated carbocycles. The molecule has 1 aliphatic rings. The Bertz CT molecular complexity index is 420. The molecule has 1 aliphatic heterocycles. The lowest BCUT2D eigenvalue weighted by Crippen LogP contribution is -2.37. The lowest BCUT2D eigenvalue weighted by molar-refractivity contribution is 0.122. The first-order valence-electron chi connectivity index (χ1n) is 5.25. The lowest BCUT2D eigenvalue weighted by Gasteiger charge is -2.29. The number of hydrogen-bond donors (Lipinski definition) is 1. The normalized spacial score (nSPS) is 16.4. The minimum Gasteiger partial charge on any atom is -0.391 e. The number of aliphatic hydroxyl groups excluding tert-OH is 1. The second-order valence-corrected chi connectivity index (χ2v) is 3.74. The SMILES string of the molecule is OCc1c(F)c(F)cc(N2CCOCC2)c1F. The first-order valence-corrected chi connectivity index (χ1v) is 5.25. The minimum absolute atomic E-state index is 0.0312. The van der Waals surface area contributed by atoms with Crippen molar-refractivity contribution in [2.75, 3.05) is 31.2 Å². The van der Waals surface area contributed by atoms with Gasteiger partial charge in [0, 0.05) is 19.2 Å². The number of halogens is 3. The van der Waals surface area contributed by atoms with E-state index in [1.807, 2.05) is 0 Å². The van der Waals surface area contributed by atoms with Gasteiger partial charge in [0.05, 0.1) is 31.1 Å². The third-order valence-corrected chi connectivity index (χ3v) is 2.74. The maximum atomic E-state index is 13.8. The van der Waals surface area contributed by atoms with E-state index in [1.165, 1.54) is 0 Å². The molecule has 1 saturated heterocycles. The summed E-state index contributed by atoms with van der Waals surface area (Å²) in [7, 11) is 0. The molecule has 1 N–H and O–H groups in total. The van der Waals surface area contributed by atoms with Gasteiger partial charge in [0.1, 0.15) is 0 Å². The highest BCUT2D eigenvalue weighted by molar-refractivity contribution is 5.51. The summed E-state index contributed by atoms with van der Waals surface area (Å²) in [4.78, 5) is 1.57. The third-order valence-electron chi connectivity index (χ3n) is 2.74. The summed E-state index contributed by atoms with van der Waals surface area (Å²) >= 11 is 0. The van der Waals surface area contributed by atoms with Crippen LogP contribution in [0.15, 0.2) is 6.07 Å². The number of hydrogen-bond acceptors (Lipinski definition) is 3. The van der Waals surface area contributed by atoms with Gasteiger partial charge in [-0.05, 0) is 0 Å². The zero-order chi connectivity index (χ0) is 12.4. The average molecular weight is 247 g/mol. The van der Waals surface area contributed by atoms with Gasteiger partial charge in [-0.25, -0.2) is 13.2 Å². The highest BCUT2D eigenvalue weighted by Gasteiger charge is 2.22. The van der Waals surface area contributed by atoms with Crippen molar-refractivity contribution >= 4 is 5.69 Å². The molecule has 1 fully saturated rings. The smallest absolute Gasteiger partial charge is 0.167 e. The fourth-order valence-corrected chi connectivity index (χ4v) is 1.82. The van der Waals surface area contributed by atoms with Crippen molar-refractivity contribution in [2.24, 2.45) is 0 Å². The van der Waals surface area contributed by atoms with Crippen molar-refractivity contribution in [3.05, 3.63) is 29.1 Å². The second kappa shape index (κ2) is 4.93. The number of aliphatic hydroxyl groups is 1. The van der Waals surface area contributed by atoms with E-state index >= 15 is 0 Å². The summed E-state index contributed by atoms with van der Waals surface area (Å²) in [6.07, 6.45) is 0. The summed E-state index contributed by atoms with van der Waals surface area (Å²) < 4.78 is 45.4. The average Bonchev–Trinajstić information content (AvgIpc) is 2.36. The molecule has 0 aliphatic carbocycles. The molecule has 0 radical (unpaired) electrons.